The number of hydrogen-bond donors (Lipinski definition) is 2. The molecule has 8 bridgehead atoms. The summed E-state index contributed by atoms with van der Waals surface area (Å²) < 4.78 is 2.23. The molecule has 50 heavy (non-hydrogen) atoms. The predicted octanol–water partition coefficient (Wildman–Crippen LogP) is 10.5. The van der Waals surface area contributed by atoms with Crippen molar-refractivity contribution >= 4 is 66.3 Å². The minimum absolute atomic E-state index is 0.143. The van der Waals surface area contributed by atoms with E-state index in [1.54, 1.807) is 22.7 Å². The second kappa shape index (κ2) is 10.9. The summed E-state index contributed by atoms with van der Waals surface area (Å²) in [4.78, 5) is 37.1. The highest BCUT2D eigenvalue weighted by Gasteiger charge is 2.55. The van der Waals surface area contributed by atoms with E-state index in [9.17, 15) is 9.59 Å². The molecule has 0 aliphatic heterocycles. The Balaban J connectivity index is 0.777. The number of nitrogens with one attached hydrogen (secondary N) is 2. The first-order valence-corrected chi connectivity index (χ1v) is 20.5. The molecule has 2 aromatic heterocycles. The van der Waals surface area contributed by atoms with Crippen molar-refractivity contribution in [3.63, 3.8) is 0 Å². The van der Waals surface area contributed by atoms with Crippen molar-refractivity contribution in [2.75, 3.05) is 10.6 Å². The zero-order chi connectivity index (χ0) is 33.2. The van der Waals surface area contributed by atoms with Gasteiger partial charge in [0.1, 0.15) is 10.0 Å². The fourth-order valence-corrected chi connectivity index (χ4v) is 14.3. The average molecular weight is 699 g/mol. The smallest absolute Gasteiger partial charge is 0.230 e. The summed E-state index contributed by atoms with van der Waals surface area (Å²) in [5.41, 5.74) is 5.56. The van der Waals surface area contributed by atoms with Crippen molar-refractivity contribution in [1.82, 2.24) is 9.97 Å². The summed E-state index contributed by atoms with van der Waals surface area (Å²) in [6.45, 7) is 0. The van der Waals surface area contributed by atoms with Crippen LogP contribution in [-0.4, -0.2) is 21.8 Å². The van der Waals surface area contributed by atoms with Gasteiger partial charge < -0.3 is 10.6 Å². The molecule has 6 nitrogen and oxygen atoms in total. The Morgan fingerprint density at radius 2 is 0.840 bits per heavy atom. The highest BCUT2D eigenvalue weighted by Crippen LogP contribution is 2.61. The van der Waals surface area contributed by atoms with E-state index in [1.165, 1.54) is 38.5 Å². The average Bonchev–Trinajstić information content (AvgIpc) is 3.70. The van der Waals surface area contributed by atoms with E-state index in [-0.39, 0.29) is 22.6 Å². The van der Waals surface area contributed by atoms with E-state index in [0.29, 0.717) is 0 Å². The standard InChI is InChI=1S/C42H42N4O2S2/c47-39(41-17-23-9-24(18-41)11-25(10-23)19-41)43-31-5-1-29(2-6-31)37-45-33-15-36-34(16-35(33)49-37)46-38(50-36)30-3-7-32(8-4-30)44-40(48)42-20-26-12-27(21-42)14-28(13-26)22-42/h1-8,15-16,23-28H,9-14,17-22H2,(H,43,47)(H,44,48). The minimum atomic E-state index is -0.143. The lowest BCUT2D eigenvalue weighted by Gasteiger charge is -2.55. The molecule has 2 heterocycles. The van der Waals surface area contributed by atoms with Gasteiger partial charge in [0.05, 0.1) is 31.3 Å². The minimum Gasteiger partial charge on any atom is -0.326 e. The maximum absolute atomic E-state index is 13.6. The quantitative estimate of drug-likeness (QED) is 0.185. The van der Waals surface area contributed by atoms with E-state index < -0.39 is 0 Å². The molecule has 3 aromatic carbocycles. The Hall–Kier alpha value is -3.62. The van der Waals surface area contributed by atoms with Crippen molar-refractivity contribution in [3.8, 4) is 21.1 Å². The molecule has 8 aliphatic carbocycles. The molecule has 8 aliphatic rings. The van der Waals surface area contributed by atoms with Gasteiger partial charge in [-0.25, -0.2) is 9.97 Å². The number of rotatable bonds is 6. The SMILES string of the molecule is O=C(Nc1ccc(-c2nc3cc4sc(-c5ccc(NC(=O)C67CC8CC(CC(C8)C6)C7)cc5)nc4cc3s2)cc1)C12CC3CC(CC(C3)C1)C2. The normalized spacial score (nSPS) is 33.4. The Labute approximate surface area is 300 Å². The number of nitrogens with zero attached hydrogens (tertiary/aromatic N) is 2. The number of thiazole rings is 2. The summed E-state index contributed by atoms with van der Waals surface area (Å²) >= 11 is 3.36. The summed E-state index contributed by atoms with van der Waals surface area (Å²) in [6.07, 6.45) is 14.5. The van der Waals surface area contributed by atoms with Crippen LogP contribution in [0.3, 0.4) is 0 Å². The van der Waals surface area contributed by atoms with Gasteiger partial charge >= 0.3 is 0 Å². The molecule has 13 rings (SSSR count). The number of carbonyl (C=O) groups excluding carboxylic acids is 2. The Kier molecular flexibility index (Phi) is 6.58. The number of anilines is 2. The van der Waals surface area contributed by atoms with Crippen LogP contribution in [0.5, 0.6) is 0 Å². The van der Waals surface area contributed by atoms with Gasteiger partial charge in [-0.15, -0.1) is 22.7 Å². The van der Waals surface area contributed by atoms with E-state index in [2.05, 4.69) is 47.0 Å². The fourth-order valence-electron chi connectivity index (χ4n) is 12.3. The first kappa shape index (κ1) is 30.0. The third-order valence-electron chi connectivity index (χ3n) is 13.7. The van der Waals surface area contributed by atoms with Crippen molar-refractivity contribution in [2.45, 2.75) is 77.0 Å². The molecular formula is C42H42N4O2S2. The van der Waals surface area contributed by atoms with Crippen LogP contribution in [0, 0.1) is 46.3 Å². The van der Waals surface area contributed by atoms with Crippen LogP contribution in [-0.2, 0) is 9.59 Å². The van der Waals surface area contributed by atoms with Crippen LogP contribution >= 0.6 is 22.7 Å². The van der Waals surface area contributed by atoms with Crippen LogP contribution in [0.4, 0.5) is 11.4 Å². The second-order valence-corrected chi connectivity index (χ2v) is 19.3. The first-order valence-electron chi connectivity index (χ1n) is 18.9. The van der Waals surface area contributed by atoms with Gasteiger partial charge in [0.15, 0.2) is 0 Å². The van der Waals surface area contributed by atoms with Gasteiger partial charge in [-0.05, 0) is 173 Å². The number of benzene rings is 3. The van der Waals surface area contributed by atoms with Crippen LogP contribution in [0.25, 0.3) is 41.6 Å². The molecule has 2 N–H and O–H groups in total. The molecule has 2 amide bonds. The second-order valence-electron chi connectivity index (χ2n) is 17.3. The molecule has 0 unspecified atom stereocenters. The maximum atomic E-state index is 13.6. The maximum Gasteiger partial charge on any atom is 0.230 e. The van der Waals surface area contributed by atoms with Gasteiger partial charge in [0.2, 0.25) is 11.8 Å². The van der Waals surface area contributed by atoms with Gasteiger partial charge in [-0.1, -0.05) is 0 Å². The highest BCUT2D eigenvalue weighted by atomic mass is 32.1. The molecule has 0 atom stereocenters. The van der Waals surface area contributed by atoms with E-state index in [4.69, 9.17) is 9.97 Å². The van der Waals surface area contributed by atoms with Crippen LogP contribution in [0.1, 0.15) is 77.0 Å². The number of fused-ring (bicyclic) bond motifs is 2. The monoisotopic (exact) mass is 698 g/mol. The predicted molar refractivity (Wildman–Crippen MR) is 202 cm³/mol. The van der Waals surface area contributed by atoms with Gasteiger partial charge in [-0.3, -0.25) is 9.59 Å². The van der Waals surface area contributed by atoms with Crippen molar-refractivity contribution < 1.29 is 9.59 Å². The number of carbonyl (C=O) groups is 2. The van der Waals surface area contributed by atoms with Crippen molar-refractivity contribution in [1.29, 1.82) is 0 Å². The summed E-state index contributed by atoms with van der Waals surface area (Å²) in [5, 5.41) is 8.54. The third kappa shape index (κ3) is 4.91. The first-order chi connectivity index (χ1) is 24.3. The van der Waals surface area contributed by atoms with Crippen LogP contribution in [0.15, 0.2) is 60.7 Å². The van der Waals surface area contributed by atoms with E-state index >= 15 is 0 Å². The van der Waals surface area contributed by atoms with Gasteiger partial charge in [0.25, 0.3) is 0 Å². The van der Waals surface area contributed by atoms with E-state index in [0.717, 1.165) is 127 Å². The molecule has 0 radical (unpaired) electrons. The zero-order valence-electron chi connectivity index (χ0n) is 28.3. The van der Waals surface area contributed by atoms with E-state index in [1.807, 2.05) is 24.3 Å². The van der Waals surface area contributed by atoms with Gasteiger partial charge in [0, 0.05) is 22.5 Å². The summed E-state index contributed by atoms with van der Waals surface area (Å²) in [7, 11) is 0. The van der Waals surface area contributed by atoms with Crippen LogP contribution in [0.2, 0.25) is 0 Å². The molecule has 8 heteroatoms. The molecule has 0 spiro atoms. The zero-order valence-corrected chi connectivity index (χ0v) is 29.9. The number of aromatic nitrogens is 2. The molecular weight excluding hydrogens is 657 g/mol. The Morgan fingerprint density at radius 1 is 0.520 bits per heavy atom. The largest absolute Gasteiger partial charge is 0.326 e. The third-order valence-corrected chi connectivity index (χ3v) is 15.9. The molecule has 8 fully saturated rings. The summed E-state index contributed by atoms with van der Waals surface area (Å²) in [6, 6.07) is 20.8. The molecule has 0 saturated heterocycles. The lowest BCUT2D eigenvalue weighted by molar-refractivity contribution is -0.141. The lowest BCUT2D eigenvalue weighted by Crippen LogP contribution is -2.51. The number of amides is 2. The molecule has 254 valence electrons. The molecule has 8 saturated carbocycles. The fraction of sp³-hybridized carbons (Fsp3) is 0.476. The van der Waals surface area contributed by atoms with Crippen molar-refractivity contribution in [2.24, 2.45) is 46.3 Å². The topological polar surface area (TPSA) is 84.0 Å². The Bertz CT molecular complexity index is 1910. The van der Waals surface area contributed by atoms with Gasteiger partial charge in [-0.2, -0.15) is 0 Å². The van der Waals surface area contributed by atoms with Crippen molar-refractivity contribution in [3.05, 3.63) is 60.7 Å². The highest BCUT2D eigenvalue weighted by molar-refractivity contribution is 7.23. The number of hydrogen-bond acceptors (Lipinski definition) is 6. The Morgan fingerprint density at radius 3 is 1.16 bits per heavy atom. The van der Waals surface area contributed by atoms with Crippen LogP contribution < -0.4 is 10.6 Å². The summed E-state index contributed by atoms with van der Waals surface area (Å²) in [5.74, 6) is 5.03. The molecule has 5 aromatic rings. The lowest BCUT2D eigenvalue weighted by atomic mass is 9.49.